The molecule has 9 rings (SSSR count). The number of carbonyl (C=O) groups is 1. The number of carbonyl (C=O) groups excluding carboxylic acids is 1. The SMILES string of the molecule is Cc1cn(C(=O)N2CC3(CCCCN(c4nc(OC[C@@]56CCCN5C[C@H](F)C6)nc5c(F)c(-c6ccc(F)c7sc(N)c(C#N)c67)c(Cl)cc45)C3)C2)c(C)n1. The van der Waals surface area contributed by atoms with Gasteiger partial charge in [0.1, 0.15) is 46.8 Å². The largest absolute Gasteiger partial charge is 0.461 e. The topological polar surface area (TPSA) is 129 Å². The molecule has 55 heavy (non-hydrogen) atoms. The highest BCUT2D eigenvalue weighted by molar-refractivity contribution is 7.23. The number of imidazole rings is 1. The Bertz CT molecular complexity index is 2440. The molecular weight excluding hydrogens is 751 g/mol. The van der Waals surface area contributed by atoms with E-state index in [1.807, 2.05) is 24.8 Å². The summed E-state index contributed by atoms with van der Waals surface area (Å²) in [5, 5.41) is 10.7. The highest BCUT2D eigenvalue weighted by Gasteiger charge is 2.50. The van der Waals surface area contributed by atoms with Gasteiger partial charge in [-0.05, 0) is 63.8 Å². The standard InChI is InChI=1S/C39H39ClF3N9O2S/c1-21-15-52(22(2)46-21)37(53)50-18-38(19-50)8-3-4-10-49(17-38)35-25-12-27(40)30(24-6-7-28(42)33-29(24)26(14-44)34(45)55-33)31(43)32(25)47-36(48-35)54-20-39-9-5-11-51(39)16-23(41)13-39/h6-7,12,15,23H,3-5,8-11,13,16-20,45H2,1-2H3/t23-,39+/m1/s1. The third-order valence-electron chi connectivity index (χ3n) is 12.0. The van der Waals surface area contributed by atoms with Gasteiger partial charge in [-0.15, -0.1) is 11.3 Å². The van der Waals surface area contributed by atoms with Gasteiger partial charge < -0.3 is 20.3 Å². The van der Waals surface area contributed by atoms with E-state index < -0.39 is 23.3 Å². The van der Waals surface area contributed by atoms with Crippen LogP contribution in [0, 0.1) is 42.2 Å². The fourth-order valence-corrected chi connectivity index (χ4v) is 10.8. The molecule has 0 aliphatic carbocycles. The van der Waals surface area contributed by atoms with Crippen molar-refractivity contribution in [2.45, 2.75) is 64.1 Å². The highest BCUT2D eigenvalue weighted by Crippen LogP contribution is 2.47. The first-order valence-electron chi connectivity index (χ1n) is 18.6. The Kier molecular flexibility index (Phi) is 8.67. The maximum Gasteiger partial charge on any atom is 0.329 e. The van der Waals surface area contributed by atoms with Crippen LogP contribution < -0.4 is 15.4 Å². The molecule has 0 radical (unpaired) electrons. The van der Waals surface area contributed by atoms with E-state index in [0.717, 1.165) is 55.7 Å². The summed E-state index contributed by atoms with van der Waals surface area (Å²) in [6.07, 6.45) is 5.50. The molecule has 4 saturated heterocycles. The second-order valence-corrected chi connectivity index (χ2v) is 17.2. The molecule has 0 unspecified atom stereocenters. The molecule has 2 N–H and O–H groups in total. The number of anilines is 2. The number of ether oxygens (including phenoxy) is 1. The van der Waals surface area contributed by atoms with Gasteiger partial charge in [0.2, 0.25) is 0 Å². The van der Waals surface area contributed by atoms with E-state index in [2.05, 4.69) is 19.8 Å². The van der Waals surface area contributed by atoms with Crippen molar-refractivity contribution in [3.05, 3.63) is 58.1 Å². The molecule has 16 heteroatoms. The van der Waals surface area contributed by atoms with Crippen molar-refractivity contribution >= 4 is 60.8 Å². The number of benzene rings is 2. The van der Waals surface area contributed by atoms with E-state index in [1.165, 1.54) is 12.1 Å². The lowest BCUT2D eigenvalue weighted by molar-refractivity contribution is 0.0325. The molecule has 3 aromatic heterocycles. The Morgan fingerprint density at radius 1 is 1.13 bits per heavy atom. The molecule has 4 aliphatic heterocycles. The van der Waals surface area contributed by atoms with Gasteiger partial charge in [0, 0.05) is 67.1 Å². The van der Waals surface area contributed by atoms with Crippen molar-refractivity contribution in [2.24, 2.45) is 5.41 Å². The van der Waals surface area contributed by atoms with Gasteiger partial charge in [0.15, 0.2) is 5.82 Å². The number of likely N-dealkylation sites (tertiary alicyclic amines) is 1. The highest BCUT2D eigenvalue weighted by atomic mass is 35.5. The summed E-state index contributed by atoms with van der Waals surface area (Å²) >= 11 is 7.89. The second-order valence-electron chi connectivity index (χ2n) is 15.7. The lowest BCUT2D eigenvalue weighted by Crippen LogP contribution is -2.62. The van der Waals surface area contributed by atoms with E-state index in [-0.39, 0.29) is 66.4 Å². The molecule has 5 aromatic rings. The Morgan fingerprint density at radius 3 is 2.71 bits per heavy atom. The molecule has 0 saturated carbocycles. The minimum atomic E-state index is -0.958. The van der Waals surface area contributed by atoms with E-state index in [9.17, 15) is 14.4 Å². The molecule has 2 atom stereocenters. The van der Waals surface area contributed by atoms with Crippen molar-refractivity contribution in [3.63, 3.8) is 0 Å². The van der Waals surface area contributed by atoms with Crippen LogP contribution in [-0.4, -0.2) is 92.9 Å². The number of hydrogen-bond donors (Lipinski definition) is 1. The van der Waals surface area contributed by atoms with Crippen LogP contribution in [0.3, 0.4) is 0 Å². The Labute approximate surface area is 324 Å². The first-order chi connectivity index (χ1) is 26.4. The summed E-state index contributed by atoms with van der Waals surface area (Å²) in [4.78, 5) is 33.5. The summed E-state index contributed by atoms with van der Waals surface area (Å²) in [6, 6.07) is 6.11. The van der Waals surface area contributed by atoms with Gasteiger partial charge in [-0.3, -0.25) is 9.47 Å². The average molecular weight is 790 g/mol. The Hall–Kier alpha value is -4.65. The smallest absolute Gasteiger partial charge is 0.329 e. The van der Waals surface area contributed by atoms with Crippen LogP contribution in [0.25, 0.3) is 32.1 Å². The normalized spacial score (nSPS) is 22.3. The van der Waals surface area contributed by atoms with Crippen LogP contribution in [0.4, 0.5) is 28.8 Å². The van der Waals surface area contributed by atoms with Gasteiger partial charge in [-0.2, -0.15) is 15.2 Å². The number of amides is 1. The molecule has 1 amide bonds. The van der Waals surface area contributed by atoms with Gasteiger partial charge in [-0.25, -0.2) is 22.9 Å². The number of nitrogens with two attached hydrogens (primary N) is 1. The predicted octanol–water partition coefficient (Wildman–Crippen LogP) is 7.63. The number of hydrogen-bond acceptors (Lipinski definition) is 10. The van der Waals surface area contributed by atoms with Crippen LogP contribution in [0.5, 0.6) is 6.01 Å². The van der Waals surface area contributed by atoms with Crippen molar-refractivity contribution in [1.29, 1.82) is 5.26 Å². The summed E-state index contributed by atoms with van der Waals surface area (Å²) in [6.45, 7) is 7.19. The number of nitrogen functional groups attached to an aromatic ring is 1. The predicted molar refractivity (Wildman–Crippen MR) is 206 cm³/mol. The summed E-state index contributed by atoms with van der Waals surface area (Å²) in [5.74, 6) is -0.286. The van der Waals surface area contributed by atoms with Crippen molar-refractivity contribution in [1.82, 2.24) is 29.3 Å². The zero-order valence-electron chi connectivity index (χ0n) is 30.5. The maximum absolute atomic E-state index is 17.3. The molecule has 11 nitrogen and oxygen atoms in total. The Balaban J connectivity index is 1.13. The minimum Gasteiger partial charge on any atom is -0.461 e. The molecule has 7 heterocycles. The first-order valence-corrected chi connectivity index (χ1v) is 19.8. The van der Waals surface area contributed by atoms with Crippen LogP contribution in [0.1, 0.15) is 55.6 Å². The van der Waals surface area contributed by atoms with Crippen LogP contribution in [0.15, 0.2) is 24.4 Å². The lowest BCUT2D eigenvalue weighted by atomic mass is 9.76. The number of aromatic nitrogens is 4. The third-order valence-corrected chi connectivity index (χ3v) is 13.3. The summed E-state index contributed by atoms with van der Waals surface area (Å²) < 4.78 is 55.1. The first kappa shape index (κ1) is 36.0. The van der Waals surface area contributed by atoms with E-state index >= 15 is 8.78 Å². The number of alkyl halides is 1. The minimum absolute atomic E-state index is 0.0291. The summed E-state index contributed by atoms with van der Waals surface area (Å²) in [5.41, 5.74) is 6.33. The van der Waals surface area contributed by atoms with Gasteiger partial charge in [0.05, 0.1) is 26.5 Å². The zero-order chi connectivity index (χ0) is 38.4. The Morgan fingerprint density at radius 2 is 1.95 bits per heavy atom. The van der Waals surface area contributed by atoms with Crippen molar-refractivity contribution in [3.8, 4) is 23.2 Å². The van der Waals surface area contributed by atoms with Gasteiger partial charge in [0.25, 0.3) is 0 Å². The molecule has 4 fully saturated rings. The number of nitriles is 1. The second kappa shape index (κ2) is 13.2. The number of fused-ring (bicyclic) bond motifs is 3. The number of nitrogens with zero attached hydrogens (tertiary/aromatic N) is 8. The molecular formula is C39H39ClF3N9O2S. The van der Waals surface area contributed by atoms with Crippen LogP contribution >= 0.6 is 22.9 Å². The van der Waals surface area contributed by atoms with Gasteiger partial charge >= 0.3 is 12.0 Å². The average Bonchev–Trinajstić information content (AvgIpc) is 3.82. The van der Waals surface area contributed by atoms with Crippen molar-refractivity contribution in [2.75, 3.05) is 56.5 Å². The van der Waals surface area contributed by atoms with E-state index in [1.54, 1.807) is 16.8 Å². The number of aryl methyl sites for hydroxylation is 2. The molecule has 1 spiro atoms. The lowest BCUT2D eigenvalue weighted by Gasteiger charge is -2.51. The molecule has 286 valence electrons. The monoisotopic (exact) mass is 789 g/mol. The number of rotatable bonds is 5. The molecule has 2 aromatic carbocycles. The fraction of sp³-hybridized carbons (Fsp3) is 0.462. The zero-order valence-corrected chi connectivity index (χ0v) is 32.0. The third kappa shape index (κ3) is 5.87. The summed E-state index contributed by atoms with van der Waals surface area (Å²) in [7, 11) is 0. The van der Waals surface area contributed by atoms with Gasteiger partial charge in [-0.1, -0.05) is 24.1 Å². The van der Waals surface area contributed by atoms with Crippen LogP contribution in [0.2, 0.25) is 5.02 Å². The van der Waals surface area contributed by atoms with Crippen LogP contribution in [-0.2, 0) is 0 Å². The van der Waals surface area contributed by atoms with Crippen molar-refractivity contribution < 1.29 is 22.7 Å². The number of halogens is 4. The quantitative estimate of drug-likeness (QED) is 0.191. The number of thiophene rings is 1. The maximum atomic E-state index is 17.3. The molecule has 0 bridgehead atoms. The van der Waals surface area contributed by atoms with E-state index in [4.69, 9.17) is 27.1 Å². The fourth-order valence-electron chi connectivity index (χ4n) is 9.54. The van der Waals surface area contributed by atoms with E-state index in [0.29, 0.717) is 56.2 Å². The molecule has 4 aliphatic rings.